The molecule has 0 unspecified atom stereocenters. The highest BCUT2D eigenvalue weighted by atomic mass is 32.1. The maximum Gasteiger partial charge on any atom is 0.401 e. The van der Waals surface area contributed by atoms with E-state index in [0.29, 0.717) is 45.1 Å². The van der Waals surface area contributed by atoms with Crippen LogP contribution in [0.2, 0.25) is 0 Å². The van der Waals surface area contributed by atoms with Gasteiger partial charge in [-0.25, -0.2) is 0 Å². The standard InChI is InChI=1S/C46H53F3N10O3S/c1-27-21-37-36(12-14-39-38(37)23-51-55-39)43(58(27)26-46(47,48)49)40-13-9-33(22-50-40)53-34-24-57(25-34)15-6-16-60-17-18-61-19-20-62-35-10-7-32(8-11-35)42-41-28(2)30(4)63-45(41)59-31(5)54-56-44(59)29(3)52-42/h7-14,22-23,27,29,34,43,53H,6,15-21,24-26H2,1-5H3,(H,51,55)/t27-,29+,43+/m1/s1. The monoisotopic (exact) mass is 882 g/mol. The Labute approximate surface area is 368 Å². The summed E-state index contributed by atoms with van der Waals surface area (Å²) in [4.78, 5) is 15.0. The Kier molecular flexibility index (Phi) is 12.4. The van der Waals surface area contributed by atoms with E-state index in [1.165, 1.54) is 15.3 Å². The van der Waals surface area contributed by atoms with Crippen molar-refractivity contribution in [2.45, 2.75) is 77.8 Å². The third-order valence-corrected chi connectivity index (χ3v) is 13.5. The number of alkyl halides is 3. The second-order valence-electron chi connectivity index (χ2n) is 16.8. The number of pyridine rings is 1. The number of aromatic nitrogens is 6. The summed E-state index contributed by atoms with van der Waals surface area (Å²) in [6, 6.07) is 14.9. The van der Waals surface area contributed by atoms with Gasteiger partial charge in [-0.3, -0.25) is 29.4 Å². The van der Waals surface area contributed by atoms with Gasteiger partial charge in [0.05, 0.1) is 73.5 Å². The lowest BCUT2D eigenvalue weighted by Crippen LogP contribution is -2.54. The summed E-state index contributed by atoms with van der Waals surface area (Å²) in [5.74, 6) is 2.49. The van der Waals surface area contributed by atoms with Crippen LogP contribution in [0.25, 0.3) is 15.9 Å². The summed E-state index contributed by atoms with van der Waals surface area (Å²) in [5, 5.41) is 21.5. The number of aromatic amines is 1. The lowest BCUT2D eigenvalue weighted by Gasteiger charge is -2.42. The normalized spacial score (nSPS) is 19.3. The van der Waals surface area contributed by atoms with Crippen LogP contribution < -0.4 is 10.1 Å². The molecule has 0 amide bonds. The molecule has 13 nitrogen and oxygen atoms in total. The first-order valence-electron chi connectivity index (χ1n) is 21.6. The van der Waals surface area contributed by atoms with Gasteiger partial charge in [0, 0.05) is 53.7 Å². The fraction of sp³-hybridized carbons (Fsp3) is 0.457. The van der Waals surface area contributed by atoms with E-state index in [4.69, 9.17) is 24.2 Å². The average Bonchev–Trinajstić information content (AvgIpc) is 3.94. The summed E-state index contributed by atoms with van der Waals surface area (Å²) in [6.07, 6.45) is 0.593. The van der Waals surface area contributed by atoms with E-state index in [2.05, 4.69) is 68.1 Å². The van der Waals surface area contributed by atoms with Gasteiger partial charge in [-0.2, -0.15) is 18.3 Å². The van der Waals surface area contributed by atoms with Gasteiger partial charge in [0.15, 0.2) is 5.82 Å². The molecular formula is C46H53F3N10O3S. The first-order chi connectivity index (χ1) is 30.4. The number of anilines is 1. The number of hydrogen-bond donors (Lipinski definition) is 2. The van der Waals surface area contributed by atoms with Crippen molar-refractivity contribution in [3.8, 4) is 10.8 Å². The van der Waals surface area contributed by atoms with Gasteiger partial charge in [0.2, 0.25) is 0 Å². The zero-order valence-electron chi connectivity index (χ0n) is 36.2. The minimum Gasteiger partial charge on any atom is -0.491 e. The Morgan fingerprint density at radius 2 is 1.68 bits per heavy atom. The van der Waals surface area contributed by atoms with Gasteiger partial charge in [-0.05, 0) is 107 Å². The fourth-order valence-electron chi connectivity index (χ4n) is 9.06. The zero-order chi connectivity index (χ0) is 43.8. The molecule has 6 aromatic rings. The van der Waals surface area contributed by atoms with E-state index in [1.807, 2.05) is 50.2 Å². The fourth-order valence-corrected chi connectivity index (χ4v) is 10.3. The molecule has 1 fully saturated rings. The van der Waals surface area contributed by atoms with Crippen LogP contribution in [0.3, 0.4) is 0 Å². The minimum absolute atomic E-state index is 0.131. The zero-order valence-corrected chi connectivity index (χ0v) is 37.0. The van der Waals surface area contributed by atoms with Crippen LogP contribution in [0.15, 0.2) is 65.9 Å². The Morgan fingerprint density at radius 1 is 0.905 bits per heavy atom. The van der Waals surface area contributed by atoms with Crippen LogP contribution in [-0.2, 0) is 15.9 Å². The van der Waals surface area contributed by atoms with Crippen molar-refractivity contribution >= 4 is 33.6 Å². The van der Waals surface area contributed by atoms with Gasteiger partial charge in [0.25, 0.3) is 0 Å². The van der Waals surface area contributed by atoms with E-state index in [-0.39, 0.29) is 18.1 Å². The Morgan fingerprint density at radius 3 is 2.44 bits per heavy atom. The average molecular weight is 883 g/mol. The van der Waals surface area contributed by atoms with Crippen molar-refractivity contribution in [2.24, 2.45) is 4.99 Å². The van der Waals surface area contributed by atoms with Crippen LogP contribution in [0.1, 0.15) is 82.4 Å². The third kappa shape index (κ3) is 9.11. The Bertz CT molecular complexity index is 2560. The summed E-state index contributed by atoms with van der Waals surface area (Å²) in [7, 11) is 0. The van der Waals surface area contributed by atoms with E-state index < -0.39 is 18.8 Å². The number of nitrogens with one attached hydrogen (secondary N) is 2. The van der Waals surface area contributed by atoms with E-state index in [0.717, 1.165) is 93.0 Å². The Hall–Kier alpha value is -5.20. The molecular weight excluding hydrogens is 830 g/mol. The predicted molar refractivity (Wildman–Crippen MR) is 238 cm³/mol. The van der Waals surface area contributed by atoms with E-state index in [9.17, 15) is 13.2 Å². The van der Waals surface area contributed by atoms with Gasteiger partial charge in [-0.1, -0.05) is 6.07 Å². The number of likely N-dealkylation sites (tertiary alicyclic amines) is 1. The quantitative estimate of drug-likeness (QED) is 0.0925. The first-order valence-corrected chi connectivity index (χ1v) is 22.4. The van der Waals surface area contributed by atoms with Gasteiger partial charge >= 0.3 is 6.18 Å². The number of aryl methyl sites for hydroxylation is 2. The first kappa shape index (κ1) is 43.1. The number of benzene rings is 2. The molecule has 332 valence electrons. The maximum atomic E-state index is 13.8. The predicted octanol–water partition coefficient (Wildman–Crippen LogP) is 7.93. The number of nitrogens with zero attached hydrogens (tertiary/aromatic N) is 8. The van der Waals surface area contributed by atoms with Crippen molar-refractivity contribution < 1.29 is 27.4 Å². The topological polar surface area (TPSA) is 131 Å². The molecule has 0 aliphatic carbocycles. The van der Waals surface area contributed by atoms with Crippen LogP contribution in [0.4, 0.5) is 18.9 Å². The molecule has 0 radical (unpaired) electrons. The molecule has 3 aliphatic rings. The number of H-pyrrole nitrogens is 1. The number of aliphatic imine (C=N–C) groups is 1. The second kappa shape index (κ2) is 18.1. The van der Waals surface area contributed by atoms with Crippen molar-refractivity contribution in [3.63, 3.8) is 0 Å². The highest BCUT2D eigenvalue weighted by molar-refractivity contribution is 7.15. The SMILES string of the molecule is Cc1sc2c(c1C)C(c1ccc(OCCOCCOCCCN3CC(Nc4ccc([C@@H]5c6ccc7[nH]ncc7c6C[C@@H](C)N5CC(F)(F)F)nc4)C3)cc1)=N[C@@H](C)c1nnc(C)n1-2. The number of fused-ring (bicyclic) bond motifs is 6. The number of thiophene rings is 1. The van der Waals surface area contributed by atoms with Crippen molar-refractivity contribution in [3.05, 3.63) is 111 Å². The molecule has 0 saturated carbocycles. The smallest absolute Gasteiger partial charge is 0.401 e. The van der Waals surface area contributed by atoms with Crippen LogP contribution in [-0.4, -0.2) is 123 Å². The number of rotatable bonds is 16. The lowest BCUT2D eigenvalue weighted by molar-refractivity contribution is -0.155. The van der Waals surface area contributed by atoms with Gasteiger partial charge < -0.3 is 19.5 Å². The second-order valence-corrected chi connectivity index (χ2v) is 18.0. The van der Waals surface area contributed by atoms with Crippen molar-refractivity contribution in [1.29, 1.82) is 0 Å². The van der Waals surface area contributed by atoms with Crippen molar-refractivity contribution in [1.82, 2.24) is 39.7 Å². The lowest BCUT2D eigenvalue weighted by atomic mass is 9.85. The molecule has 63 heavy (non-hydrogen) atoms. The summed E-state index contributed by atoms with van der Waals surface area (Å²) < 4.78 is 61.1. The molecule has 7 heterocycles. The Balaban J connectivity index is 0.664. The molecule has 17 heteroatoms. The molecule has 4 aromatic heterocycles. The van der Waals surface area contributed by atoms with Crippen molar-refractivity contribution in [2.75, 3.05) is 64.5 Å². The minimum atomic E-state index is -4.33. The molecule has 3 atom stereocenters. The van der Waals surface area contributed by atoms with E-state index in [1.54, 1.807) is 23.7 Å². The molecule has 1 saturated heterocycles. The third-order valence-electron chi connectivity index (χ3n) is 12.3. The molecule has 2 N–H and O–H groups in total. The summed E-state index contributed by atoms with van der Waals surface area (Å²) in [6.45, 7) is 14.5. The number of ether oxygens (including phenoxy) is 3. The molecule has 0 bridgehead atoms. The van der Waals surface area contributed by atoms with Gasteiger partial charge in [-0.15, -0.1) is 21.5 Å². The van der Waals surface area contributed by atoms with Crippen LogP contribution in [0, 0.1) is 20.8 Å². The molecule has 9 rings (SSSR count). The highest BCUT2D eigenvalue weighted by Crippen LogP contribution is 2.42. The molecule has 0 spiro atoms. The summed E-state index contributed by atoms with van der Waals surface area (Å²) in [5.41, 5.74) is 8.55. The number of hydrogen-bond acceptors (Lipinski definition) is 12. The highest BCUT2D eigenvalue weighted by Gasteiger charge is 2.42. The largest absolute Gasteiger partial charge is 0.491 e. The number of halogens is 3. The van der Waals surface area contributed by atoms with Crippen LogP contribution in [0.5, 0.6) is 5.75 Å². The van der Waals surface area contributed by atoms with Crippen LogP contribution >= 0.6 is 11.3 Å². The maximum absolute atomic E-state index is 13.8. The summed E-state index contributed by atoms with van der Waals surface area (Å²) >= 11 is 1.75. The molecule has 3 aliphatic heterocycles. The molecule has 2 aromatic carbocycles. The van der Waals surface area contributed by atoms with E-state index >= 15 is 0 Å². The van der Waals surface area contributed by atoms with Gasteiger partial charge in [0.1, 0.15) is 29.2 Å².